The third-order valence-corrected chi connectivity index (χ3v) is 4.12. The van der Waals surface area contributed by atoms with Gasteiger partial charge in [-0.3, -0.25) is 0 Å². The van der Waals surface area contributed by atoms with Crippen molar-refractivity contribution in [2.45, 2.75) is 6.92 Å². The molecule has 0 unspecified atom stereocenters. The maximum atomic E-state index is 5.24. The van der Waals surface area contributed by atoms with Crippen molar-refractivity contribution >= 4 is 249 Å². The molecule has 0 amide bonds. The van der Waals surface area contributed by atoms with E-state index in [1.54, 1.807) is 13.7 Å². The summed E-state index contributed by atoms with van der Waals surface area (Å²) in [5, 5.41) is 0. The van der Waals surface area contributed by atoms with Crippen LogP contribution in [0.4, 0.5) is 0 Å². The molecular weight excluding hydrogens is 440 g/mol. The van der Waals surface area contributed by atoms with Crippen LogP contribution in [0.15, 0.2) is 0 Å². The van der Waals surface area contributed by atoms with Crippen LogP contribution in [0.5, 0.6) is 0 Å². The van der Waals surface area contributed by atoms with Crippen LogP contribution in [0.2, 0.25) is 0 Å². The Bertz CT molecular complexity index is 1150. The Labute approximate surface area is 265 Å². The number of hydrogen-bond acceptors (Lipinski definition) is 1. The zero-order valence-corrected chi connectivity index (χ0v) is 23.5. The van der Waals surface area contributed by atoms with Gasteiger partial charge in [0.15, 0.2) is 0 Å². The first-order valence-electron chi connectivity index (χ1n) is 13.2. The maximum absolute atomic E-state index is 5.24. The Morgan fingerprint density at radius 2 is 0.475 bits per heavy atom. The summed E-state index contributed by atoms with van der Waals surface area (Å²) in [6.07, 6.45) is 0. The molecule has 0 saturated heterocycles. The topological polar surface area (TPSA) is 9.23 Å². The second kappa shape index (κ2) is 41.2. The minimum atomic E-state index is 0.689. The molecule has 0 aromatic heterocycles. The first-order valence-corrected chi connectivity index (χ1v) is 13.2. The fourth-order valence-corrected chi connectivity index (χ4v) is 2.31. The second-order valence-corrected chi connectivity index (χ2v) is 7.33. The zero-order valence-electron chi connectivity index (χ0n) is 23.5. The molecule has 0 bridgehead atoms. The van der Waals surface area contributed by atoms with Crippen LogP contribution in [0.1, 0.15) is 6.92 Å². The van der Waals surface area contributed by atoms with Crippen LogP contribution in [0, 0.1) is 0 Å². The monoisotopic (exact) mass is 452 g/mol. The molecule has 0 aliphatic rings. The van der Waals surface area contributed by atoms with E-state index in [1.807, 2.05) is 228 Å². The second-order valence-electron chi connectivity index (χ2n) is 7.33. The average molecular weight is 445 g/mol. The van der Waals surface area contributed by atoms with Gasteiger partial charge in [-0.2, -0.15) is 0 Å². The van der Waals surface area contributed by atoms with Gasteiger partial charge in [0, 0.05) is 0 Å². The van der Waals surface area contributed by atoms with E-state index in [0.717, 1.165) is 0 Å². The molecule has 0 aromatic carbocycles. The molecule has 0 aliphatic carbocycles. The molecule has 40 heavy (non-hydrogen) atoms. The molecule has 38 heteroatoms. The normalized spacial score (nSPS) is 7.83. The summed E-state index contributed by atoms with van der Waals surface area (Å²) in [7, 11) is 6.92. The van der Waals surface area contributed by atoms with Crippen molar-refractivity contribution in [1.82, 2.24) is 0 Å². The Balaban J connectivity index is 4.00. The SMILES string of the molecule is [B]B=BB=BB=BB=BB=BB=BB=BB=BB=BB=BB=BB=BB=BB=BB=BB=BB=BB=BOCC. The molecular formula is C2H5B37O. The zero-order chi connectivity index (χ0) is 28.9. The van der Waals surface area contributed by atoms with E-state index < -0.39 is 0 Å². The fourth-order valence-electron chi connectivity index (χ4n) is 2.31. The van der Waals surface area contributed by atoms with E-state index in [-0.39, 0.29) is 0 Å². The number of rotatable bonds is 19. The minimum absolute atomic E-state index is 0.689. The Morgan fingerprint density at radius 1 is 0.300 bits per heavy atom. The molecule has 0 aliphatic heterocycles. The average Bonchev–Trinajstić information content (AvgIpc) is 2.97. The van der Waals surface area contributed by atoms with Crippen LogP contribution in [-0.2, 0) is 4.65 Å². The van der Waals surface area contributed by atoms with E-state index in [2.05, 4.69) is 0 Å². The van der Waals surface area contributed by atoms with Gasteiger partial charge in [-0.25, -0.2) is 0 Å². The van der Waals surface area contributed by atoms with Gasteiger partial charge in [0.2, 0.25) is 0 Å². The first kappa shape index (κ1) is 42.2. The summed E-state index contributed by atoms with van der Waals surface area (Å²) in [6.45, 7) is 71.0. The van der Waals surface area contributed by atoms with Gasteiger partial charge in [0.1, 0.15) is 0 Å². The predicted molar refractivity (Wildman–Crippen MR) is 225 cm³/mol. The molecule has 2 radical (unpaired) electrons. The molecule has 0 fully saturated rings. The van der Waals surface area contributed by atoms with Gasteiger partial charge in [-0.05, 0) is 0 Å². The van der Waals surface area contributed by atoms with Crippen molar-refractivity contribution in [3.63, 3.8) is 0 Å². The molecule has 1 nitrogen and oxygen atoms in total. The van der Waals surface area contributed by atoms with E-state index >= 15 is 0 Å². The van der Waals surface area contributed by atoms with Gasteiger partial charge in [0.05, 0.1) is 0 Å². The number of hydrogen-bond donors (Lipinski definition) is 0. The van der Waals surface area contributed by atoms with Crippen LogP contribution >= 0.6 is 0 Å². The van der Waals surface area contributed by atoms with Gasteiger partial charge in [0.25, 0.3) is 0 Å². The van der Waals surface area contributed by atoms with Crippen LogP contribution < -0.4 is 0 Å². The summed E-state index contributed by atoms with van der Waals surface area (Å²) >= 11 is 0. The fraction of sp³-hybridized carbons (Fsp3) is 1.00. The first-order chi connectivity index (χ1) is 19.9. The summed E-state index contributed by atoms with van der Waals surface area (Å²) in [6, 6.07) is 0. The van der Waals surface area contributed by atoms with Gasteiger partial charge >= 0.3 is 267 Å². The van der Waals surface area contributed by atoms with Crippen LogP contribution in [0.25, 0.3) is 0 Å². The van der Waals surface area contributed by atoms with E-state index in [0.29, 0.717) is 6.61 Å². The Hall–Kier alpha value is 2.20. The van der Waals surface area contributed by atoms with Crippen molar-refractivity contribution in [3.8, 4) is 0 Å². The van der Waals surface area contributed by atoms with Gasteiger partial charge in [-0.1, -0.05) is 0 Å². The summed E-state index contributed by atoms with van der Waals surface area (Å²) in [4.78, 5) is 0. The summed E-state index contributed by atoms with van der Waals surface area (Å²) < 4.78 is 5.09. The van der Waals surface area contributed by atoms with Crippen molar-refractivity contribution < 1.29 is 4.65 Å². The quantitative estimate of drug-likeness (QED) is 0.180. The predicted octanol–water partition coefficient (Wildman–Crippen LogP) is -13.6. The third kappa shape index (κ3) is 40.2. The molecule has 0 saturated carbocycles. The van der Waals surface area contributed by atoms with Gasteiger partial charge < -0.3 is 0 Å². The molecule has 0 N–H and O–H groups in total. The standard InChI is InChI=1S/C2H5B37O/c1-2-40-39-38-37-36-35-34-33-32-31-30-29-28-27-26-25-24-23-22-21-20-19-18-17-16-15-14-13-12-11-10-9-8-7-6-5-4-3/h2H2,1H3. The van der Waals surface area contributed by atoms with Crippen molar-refractivity contribution in [1.29, 1.82) is 0 Å². The molecule has 130 valence electrons. The van der Waals surface area contributed by atoms with E-state index in [9.17, 15) is 0 Å². The summed E-state index contributed by atoms with van der Waals surface area (Å²) in [5.74, 6) is 0. The molecule has 0 atom stereocenters. The van der Waals surface area contributed by atoms with Crippen molar-refractivity contribution in [2.24, 2.45) is 0 Å². The molecule has 0 heterocycles. The third-order valence-electron chi connectivity index (χ3n) is 4.12. The Morgan fingerprint density at radius 3 is 0.650 bits per heavy atom. The van der Waals surface area contributed by atoms with Crippen molar-refractivity contribution in [2.75, 3.05) is 6.61 Å². The van der Waals surface area contributed by atoms with Crippen molar-refractivity contribution in [3.05, 3.63) is 0 Å². The molecule has 0 rings (SSSR count). The molecule has 0 aromatic rings. The molecule has 0 spiro atoms. The van der Waals surface area contributed by atoms with E-state index in [1.165, 1.54) is 6.69 Å². The van der Waals surface area contributed by atoms with Gasteiger partial charge in [-0.15, -0.1) is 0 Å². The Kier molecular flexibility index (Phi) is 43.5. The van der Waals surface area contributed by atoms with Crippen LogP contribution in [0.3, 0.4) is 0 Å². The van der Waals surface area contributed by atoms with E-state index in [4.69, 9.17) is 12.4 Å². The summed E-state index contributed by atoms with van der Waals surface area (Å²) in [5.41, 5.74) is 0. The van der Waals surface area contributed by atoms with Crippen LogP contribution in [-0.4, -0.2) is 256 Å².